The van der Waals surface area contributed by atoms with E-state index in [0.717, 1.165) is 48.4 Å². The Morgan fingerprint density at radius 3 is 2.60 bits per heavy atom. The van der Waals surface area contributed by atoms with Crippen molar-refractivity contribution in [2.45, 2.75) is 25.8 Å². The van der Waals surface area contributed by atoms with Crippen LogP contribution in [0, 0.1) is 0 Å². The van der Waals surface area contributed by atoms with Crippen LogP contribution in [-0.4, -0.2) is 33.6 Å². The molecule has 0 aliphatic carbocycles. The Morgan fingerprint density at radius 1 is 0.886 bits per heavy atom. The Hall–Kier alpha value is -4.19. The molecular formula is C29H28N4O2. The highest BCUT2D eigenvalue weighted by atomic mass is 16.5. The number of ether oxygens (including phenoxy) is 1. The van der Waals surface area contributed by atoms with Crippen LogP contribution >= 0.6 is 0 Å². The molecule has 1 N–H and O–H groups in total. The number of nitrogens with zero attached hydrogens (tertiary/aromatic N) is 3. The highest BCUT2D eigenvalue weighted by Crippen LogP contribution is 2.21. The third kappa shape index (κ3) is 5.49. The van der Waals surface area contributed by atoms with Gasteiger partial charge in [-0.25, -0.2) is 4.98 Å². The van der Waals surface area contributed by atoms with Crippen LogP contribution in [0.3, 0.4) is 0 Å². The predicted molar refractivity (Wildman–Crippen MR) is 139 cm³/mol. The van der Waals surface area contributed by atoms with E-state index in [-0.39, 0.29) is 5.91 Å². The van der Waals surface area contributed by atoms with Crippen molar-refractivity contribution in [1.29, 1.82) is 0 Å². The molecule has 5 aromatic rings. The van der Waals surface area contributed by atoms with Gasteiger partial charge in [-0.1, -0.05) is 48.5 Å². The molecule has 0 spiro atoms. The van der Waals surface area contributed by atoms with Gasteiger partial charge in [-0.3, -0.25) is 9.78 Å². The summed E-state index contributed by atoms with van der Waals surface area (Å²) in [5.74, 6) is 1.77. The van der Waals surface area contributed by atoms with Crippen molar-refractivity contribution < 1.29 is 9.53 Å². The van der Waals surface area contributed by atoms with Crippen LogP contribution in [0.2, 0.25) is 0 Å². The second kappa shape index (κ2) is 10.8. The summed E-state index contributed by atoms with van der Waals surface area (Å²) in [6.07, 6.45) is 4.08. The maximum Gasteiger partial charge on any atom is 0.269 e. The summed E-state index contributed by atoms with van der Waals surface area (Å²) in [6.45, 7) is 2.03. The number of benzene rings is 3. The van der Waals surface area contributed by atoms with Crippen LogP contribution in [0.5, 0.6) is 5.75 Å². The molecule has 0 aliphatic rings. The lowest BCUT2D eigenvalue weighted by atomic mass is 10.1. The Balaban J connectivity index is 1.17. The summed E-state index contributed by atoms with van der Waals surface area (Å²) in [4.78, 5) is 21.2. The number of aromatic nitrogens is 3. The molecule has 6 nitrogen and oxygen atoms in total. The van der Waals surface area contributed by atoms with Gasteiger partial charge in [0, 0.05) is 25.7 Å². The van der Waals surface area contributed by atoms with E-state index in [1.54, 1.807) is 18.3 Å². The summed E-state index contributed by atoms with van der Waals surface area (Å²) in [5.41, 5.74) is 2.56. The molecule has 0 fully saturated rings. The first kappa shape index (κ1) is 22.6. The van der Waals surface area contributed by atoms with Crippen molar-refractivity contribution in [2.24, 2.45) is 0 Å². The van der Waals surface area contributed by atoms with Crippen molar-refractivity contribution in [3.8, 4) is 5.75 Å². The first-order valence-electron chi connectivity index (χ1n) is 12.0. The Labute approximate surface area is 204 Å². The summed E-state index contributed by atoms with van der Waals surface area (Å²) in [5, 5.41) is 5.34. The standard InChI is InChI=1S/C29H28N4O2/c34-29(26-12-5-6-17-30-26)31-18-7-14-28-32-25-11-3-4-13-27(25)33(28)19-8-20-35-24-16-15-22-9-1-2-10-23(22)21-24/h1-6,9-13,15-17,21H,7-8,14,18-20H2,(H,31,34). The molecule has 1 amide bonds. The SMILES string of the molecule is O=C(NCCCc1nc2ccccc2n1CCCOc1ccc2ccccc2c1)c1ccccn1. The fourth-order valence-corrected chi connectivity index (χ4v) is 4.27. The van der Waals surface area contributed by atoms with Gasteiger partial charge in [-0.05, 0) is 60.0 Å². The minimum Gasteiger partial charge on any atom is -0.494 e. The van der Waals surface area contributed by atoms with Crippen LogP contribution in [0.15, 0.2) is 91.1 Å². The minimum atomic E-state index is -0.148. The molecule has 0 atom stereocenters. The van der Waals surface area contributed by atoms with Crippen molar-refractivity contribution >= 4 is 27.7 Å². The van der Waals surface area contributed by atoms with Crippen molar-refractivity contribution in [3.05, 3.63) is 103 Å². The fourth-order valence-electron chi connectivity index (χ4n) is 4.27. The third-order valence-electron chi connectivity index (χ3n) is 6.01. The average Bonchev–Trinajstić information content (AvgIpc) is 3.26. The van der Waals surface area contributed by atoms with Crippen LogP contribution in [0.4, 0.5) is 0 Å². The number of pyridine rings is 1. The van der Waals surface area contributed by atoms with E-state index in [2.05, 4.69) is 45.2 Å². The Kier molecular flexibility index (Phi) is 6.99. The van der Waals surface area contributed by atoms with E-state index >= 15 is 0 Å². The maximum atomic E-state index is 12.2. The molecule has 2 aromatic heterocycles. The van der Waals surface area contributed by atoms with Crippen molar-refractivity contribution in [2.75, 3.05) is 13.2 Å². The quantitative estimate of drug-likeness (QED) is 0.280. The van der Waals surface area contributed by atoms with Crippen molar-refractivity contribution in [3.63, 3.8) is 0 Å². The summed E-state index contributed by atoms with van der Waals surface area (Å²) in [7, 11) is 0. The molecule has 5 rings (SSSR count). The van der Waals surface area contributed by atoms with Crippen molar-refractivity contribution in [1.82, 2.24) is 19.9 Å². The number of imidazole rings is 1. The molecule has 0 aliphatic heterocycles. The fraction of sp³-hybridized carbons (Fsp3) is 0.207. The van der Waals surface area contributed by atoms with E-state index in [1.165, 1.54) is 10.8 Å². The van der Waals surface area contributed by atoms with E-state index < -0.39 is 0 Å². The molecule has 176 valence electrons. The molecule has 0 radical (unpaired) electrons. The van der Waals surface area contributed by atoms with E-state index in [1.807, 2.05) is 42.5 Å². The molecule has 0 saturated heterocycles. The van der Waals surface area contributed by atoms with Gasteiger partial charge < -0.3 is 14.6 Å². The molecule has 0 unspecified atom stereocenters. The lowest BCUT2D eigenvalue weighted by Crippen LogP contribution is -2.25. The van der Waals surface area contributed by atoms with E-state index in [9.17, 15) is 4.79 Å². The molecule has 6 heteroatoms. The van der Waals surface area contributed by atoms with Gasteiger partial charge in [0.1, 0.15) is 17.3 Å². The van der Waals surface area contributed by atoms with Gasteiger partial charge in [0.15, 0.2) is 0 Å². The average molecular weight is 465 g/mol. The van der Waals surface area contributed by atoms with Crippen LogP contribution in [-0.2, 0) is 13.0 Å². The van der Waals surface area contributed by atoms with E-state index in [4.69, 9.17) is 9.72 Å². The minimum absolute atomic E-state index is 0.148. The number of para-hydroxylation sites is 2. The summed E-state index contributed by atoms with van der Waals surface area (Å²) < 4.78 is 8.32. The van der Waals surface area contributed by atoms with Gasteiger partial charge >= 0.3 is 0 Å². The summed E-state index contributed by atoms with van der Waals surface area (Å²) >= 11 is 0. The highest BCUT2D eigenvalue weighted by molar-refractivity contribution is 5.92. The number of rotatable bonds is 10. The van der Waals surface area contributed by atoms with Gasteiger partial charge in [0.2, 0.25) is 0 Å². The second-order valence-corrected chi connectivity index (χ2v) is 8.45. The van der Waals surface area contributed by atoms with Gasteiger partial charge in [-0.15, -0.1) is 0 Å². The largest absolute Gasteiger partial charge is 0.494 e. The summed E-state index contributed by atoms with van der Waals surface area (Å²) in [6, 6.07) is 28.1. The highest BCUT2D eigenvalue weighted by Gasteiger charge is 2.11. The number of carbonyl (C=O) groups excluding carboxylic acids is 1. The number of aryl methyl sites for hydroxylation is 2. The molecule has 0 bridgehead atoms. The van der Waals surface area contributed by atoms with Crippen LogP contribution in [0.1, 0.15) is 29.2 Å². The second-order valence-electron chi connectivity index (χ2n) is 8.45. The predicted octanol–water partition coefficient (Wildman–Crippen LogP) is 5.42. The zero-order valence-electron chi connectivity index (χ0n) is 19.6. The Morgan fingerprint density at radius 2 is 1.71 bits per heavy atom. The first-order valence-corrected chi connectivity index (χ1v) is 12.0. The number of hydrogen-bond acceptors (Lipinski definition) is 4. The lowest BCUT2D eigenvalue weighted by Gasteiger charge is -2.11. The molecule has 35 heavy (non-hydrogen) atoms. The first-order chi connectivity index (χ1) is 17.3. The van der Waals surface area contributed by atoms with Gasteiger partial charge in [0.25, 0.3) is 5.91 Å². The zero-order chi connectivity index (χ0) is 23.9. The smallest absolute Gasteiger partial charge is 0.269 e. The third-order valence-corrected chi connectivity index (χ3v) is 6.01. The normalized spacial score (nSPS) is 11.1. The molecular weight excluding hydrogens is 436 g/mol. The van der Waals surface area contributed by atoms with Crippen LogP contribution in [0.25, 0.3) is 21.8 Å². The number of fused-ring (bicyclic) bond motifs is 2. The van der Waals surface area contributed by atoms with E-state index in [0.29, 0.717) is 18.8 Å². The molecule has 3 aromatic carbocycles. The molecule has 0 saturated carbocycles. The maximum absolute atomic E-state index is 12.2. The topological polar surface area (TPSA) is 69.0 Å². The number of amides is 1. The van der Waals surface area contributed by atoms with Gasteiger partial charge in [-0.2, -0.15) is 0 Å². The monoisotopic (exact) mass is 464 g/mol. The Bertz CT molecular complexity index is 1430. The number of hydrogen-bond donors (Lipinski definition) is 1. The van der Waals surface area contributed by atoms with Gasteiger partial charge in [0.05, 0.1) is 17.6 Å². The number of nitrogens with one attached hydrogen (secondary N) is 1. The van der Waals surface area contributed by atoms with Crippen LogP contribution < -0.4 is 10.1 Å². The lowest BCUT2D eigenvalue weighted by molar-refractivity contribution is 0.0948. The number of carbonyl (C=O) groups is 1. The zero-order valence-corrected chi connectivity index (χ0v) is 19.6. The molecule has 2 heterocycles.